The van der Waals surface area contributed by atoms with E-state index in [1.807, 2.05) is 0 Å². The van der Waals surface area contributed by atoms with Gasteiger partial charge in [0.05, 0.1) is 5.56 Å². The van der Waals surface area contributed by atoms with Gasteiger partial charge in [-0.1, -0.05) is 0 Å². The first kappa shape index (κ1) is 17.8. The van der Waals surface area contributed by atoms with Crippen LogP contribution < -0.4 is 10.6 Å². The molecular weight excluding hydrogens is 312 g/mol. The lowest BCUT2D eigenvalue weighted by Gasteiger charge is -2.19. The Balaban J connectivity index is 1.80. The van der Waals surface area contributed by atoms with E-state index in [9.17, 15) is 14.4 Å². The zero-order valence-electron chi connectivity index (χ0n) is 14.0. The van der Waals surface area contributed by atoms with Gasteiger partial charge in [-0.3, -0.25) is 10.1 Å². The van der Waals surface area contributed by atoms with Crippen LogP contribution in [-0.4, -0.2) is 36.2 Å². The van der Waals surface area contributed by atoms with E-state index in [0.29, 0.717) is 11.3 Å². The topological polar surface area (TPSA) is 93.7 Å². The van der Waals surface area contributed by atoms with Crippen LogP contribution in [-0.2, 0) is 14.3 Å². The number of anilines is 1. The zero-order chi connectivity index (χ0) is 17.7. The molecule has 1 aromatic rings. The summed E-state index contributed by atoms with van der Waals surface area (Å²) in [6.07, 6.45) is 1.38. The lowest BCUT2D eigenvalue weighted by atomic mass is 10.2. The van der Waals surface area contributed by atoms with E-state index in [1.165, 1.54) is 12.1 Å². The molecule has 7 nitrogen and oxygen atoms in total. The fourth-order valence-corrected chi connectivity index (χ4v) is 1.82. The Hall–Kier alpha value is -2.57. The Morgan fingerprint density at radius 1 is 1.12 bits per heavy atom. The third-order valence-electron chi connectivity index (χ3n) is 3.04. The Morgan fingerprint density at radius 3 is 2.29 bits per heavy atom. The molecule has 0 radical (unpaired) electrons. The third kappa shape index (κ3) is 6.28. The molecule has 2 N–H and O–H groups in total. The molecular formula is C17H22N2O5. The maximum atomic E-state index is 11.9. The van der Waals surface area contributed by atoms with Crippen molar-refractivity contribution in [1.82, 2.24) is 5.32 Å². The predicted molar refractivity (Wildman–Crippen MR) is 87.7 cm³/mol. The van der Waals surface area contributed by atoms with Crippen molar-refractivity contribution < 1.29 is 23.9 Å². The zero-order valence-corrected chi connectivity index (χ0v) is 14.0. The Labute approximate surface area is 140 Å². The molecule has 0 bridgehead atoms. The highest BCUT2D eigenvalue weighted by atomic mass is 16.6. The van der Waals surface area contributed by atoms with Crippen molar-refractivity contribution in [2.45, 2.75) is 45.3 Å². The van der Waals surface area contributed by atoms with Gasteiger partial charge in [0, 0.05) is 11.7 Å². The molecule has 1 aliphatic rings. The molecule has 7 heteroatoms. The second-order valence-corrected chi connectivity index (χ2v) is 6.62. The number of nitrogens with one attached hydrogen (secondary N) is 2. The quantitative estimate of drug-likeness (QED) is 0.807. The van der Waals surface area contributed by atoms with Gasteiger partial charge in [0.15, 0.2) is 6.61 Å². The molecule has 0 aliphatic heterocycles. The highest BCUT2D eigenvalue weighted by Gasteiger charge is 2.23. The highest BCUT2D eigenvalue weighted by molar-refractivity contribution is 5.92. The van der Waals surface area contributed by atoms with Gasteiger partial charge in [0.1, 0.15) is 5.60 Å². The standard InChI is InChI=1S/C17H22N2O5/c1-17(2,3)24-16(22)19-13-6-4-11(5-7-13)15(21)23-10-14(20)18-12-8-9-12/h4-7,12H,8-10H2,1-3H3,(H,18,20)(H,19,22). The minimum Gasteiger partial charge on any atom is -0.452 e. The molecule has 1 aromatic carbocycles. The first-order valence-electron chi connectivity index (χ1n) is 7.79. The van der Waals surface area contributed by atoms with E-state index in [-0.39, 0.29) is 18.6 Å². The van der Waals surface area contributed by atoms with E-state index in [4.69, 9.17) is 9.47 Å². The summed E-state index contributed by atoms with van der Waals surface area (Å²) in [5.41, 5.74) is 0.200. The summed E-state index contributed by atoms with van der Waals surface area (Å²) >= 11 is 0. The van der Waals surface area contributed by atoms with Crippen LogP contribution in [0.5, 0.6) is 0 Å². The second kappa shape index (κ2) is 7.33. The van der Waals surface area contributed by atoms with Crippen LogP contribution in [0.1, 0.15) is 44.0 Å². The van der Waals surface area contributed by atoms with Crippen LogP contribution in [0.25, 0.3) is 0 Å². The van der Waals surface area contributed by atoms with Crippen molar-refractivity contribution in [2.24, 2.45) is 0 Å². The summed E-state index contributed by atoms with van der Waals surface area (Å²) in [6, 6.07) is 6.37. The summed E-state index contributed by atoms with van der Waals surface area (Å²) in [7, 11) is 0. The Morgan fingerprint density at radius 2 is 1.75 bits per heavy atom. The van der Waals surface area contributed by atoms with Crippen molar-refractivity contribution in [3.8, 4) is 0 Å². The fourth-order valence-electron chi connectivity index (χ4n) is 1.82. The molecule has 0 aromatic heterocycles. The first-order chi connectivity index (χ1) is 11.2. The number of carbonyl (C=O) groups excluding carboxylic acids is 3. The molecule has 2 rings (SSSR count). The highest BCUT2D eigenvalue weighted by Crippen LogP contribution is 2.18. The summed E-state index contributed by atoms with van der Waals surface area (Å²) in [5.74, 6) is -0.890. The first-order valence-corrected chi connectivity index (χ1v) is 7.79. The van der Waals surface area contributed by atoms with Gasteiger partial charge in [-0.05, 0) is 57.9 Å². The van der Waals surface area contributed by atoms with Crippen molar-refractivity contribution in [3.05, 3.63) is 29.8 Å². The largest absolute Gasteiger partial charge is 0.452 e. The summed E-state index contributed by atoms with van der Waals surface area (Å²) in [4.78, 5) is 35.0. The van der Waals surface area contributed by atoms with Gasteiger partial charge in [-0.25, -0.2) is 9.59 Å². The van der Waals surface area contributed by atoms with Crippen LogP contribution in [0, 0.1) is 0 Å². The van der Waals surface area contributed by atoms with Crippen LogP contribution in [0.3, 0.4) is 0 Å². The number of benzene rings is 1. The summed E-state index contributed by atoms with van der Waals surface area (Å²) in [5, 5.41) is 5.30. The van der Waals surface area contributed by atoms with Gasteiger partial charge in [0.2, 0.25) is 0 Å². The van der Waals surface area contributed by atoms with Gasteiger partial charge in [-0.2, -0.15) is 0 Å². The molecule has 24 heavy (non-hydrogen) atoms. The second-order valence-electron chi connectivity index (χ2n) is 6.62. The molecule has 1 saturated carbocycles. The average Bonchev–Trinajstić information content (AvgIpc) is 3.27. The molecule has 130 valence electrons. The number of carbonyl (C=O) groups is 3. The van der Waals surface area contributed by atoms with Crippen LogP contribution >= 0.6 is 0 Å². The maximum absolute atomic E-state index is 11.9. The normalized spacial score (nSPS) is 13.8. The van der Waals surface area contributed by atoms with Crippen LogP contribution in [0.2, 0.25) is 0 Å². The summed E-state index contributed by atoms with van der Waals surface area (Å²) in [6.45, 7) is 5.01. The third-order valence-corrected chi connectivity index (χ3v) is 3.04. The molecule has 0 spiro atoms. The van der Waals surface area contributed by atoms with Crippen molar-refractivity contribution in [1.29, 1.82) is 0 Å². The smallest absolute Gasteiger partial charge is 0.412 e. The fraction of sp³-hybridized carbons (Fsp3) is 0.471. The minimum atomic E-state index is -0.593. The predicted octanol–water partition coefficient (Wildman–Crippen LogP) is 2.47. The van der Waals surface area contributed by atoms with Gasteiger partial charge >= 0.3 is 12.1 Å². The molecule has 0 atom stereocenters. The number of ether oxygens (including phenoxy) is 2. The van der Waals surface area contributed by atoms with Crippen molar-refractivity contribution >= 4 is 23.7 Å². The van der Waals surface area contributed by atoms with E-state index < -0.39 is 17.7 Å². The number of hydrogen-bond donors (Lipinski definition) is 2. The van der Waals surface area contributed by atoms with Crippen molar-refractivity contribution in [2.75, 3.05) is 11.9 Å². The molecule has 0 heterocycles. The monoisotopic (exact) mass is 334 g/mol. The lowest BCUT2D eigenvalue weighted by Crippen LogP contribution is -2.30. The molecule has 0 saturated heterocycles. The van der Waals surface area contributed by atoms with Crippen molar-refractivity contribution in [3.63, 3.8) is 0 Å². The lowest BCUT2D eigenvalue weighted by molar-refractivity contribution is -0.124. The van der Waals surface area contributed by atoms with Gasteiger partial charge < -0.3 is 14.8 Å². The average molecular weight is 334 g/mol. The number of amides is 2. The van der Waals surface area contributed by atoms with Gasteiger partial charge in [-0.15, -0.1) is 0 Å². The number of hydrogen-bond acceptors (Lipinski definition) is 5. The Bertz CT molecular complexity index is 615. The molecule has 1 aliphatic carbocycles. The number of rotatable bonds is 5. The van der Waals surface area contributed by atoms with Crippen LogP contribution in [0.15, 0.2) is 24.3 Å². The maximum Gasteiger partial charge on any atom is 0.412 e. The van der Waals surface area contributed by atoms with Gasteiger partial charge in [0.25, 0.3) is 5.91 Å². The van der Waals surface area contributed by atoms with E-state index in [2.05, 4.69) is 10.6 Å². The molecule has 1 fully saturated rings. The SMILES string of the molecule is CC(C)(C)OC(=O)Nc1ccc(C(=O)OCC(=O)NC2CC2)cc1. The number of esters is 1. The Kier molecular flexibility index (Phi) is 5.43. The van der Waals surface area contributed by atoms with E-state index in [1.54, 1.807) is 32.9 Å². The molecule has 2 amide bonds. The summed E-state index contributed by atoms with van der Waals surface area (Å²) < 4.78 is 10.1. The van der Waals surface area contributed by atoms with E-state index in [0.717, 1.165) is 12.8 Å². The van der Waals surface area contributed by atoms with E-state index >= 15 is 0 Å². The minimum absolute atomic E-state index is 0.231. The van der Waals surface area contributed by atoms with Crippen LogP contribution in [0.4, 0.5) is 10.5 Å². The molecule has 0 unspecified atom stereocenters.